The summed E-state index contributed by atoms with van der Waals surface area (Å²) in [5.74, 6) is 0.0526. The van der Waals surface area contributed by atoms with Crippen molar-refractivity contribution in [2.24, 2.45) is 0 Å². The maximum absolute atomic E-state index is 12.2. The Kier molecular flexibility index (Phi) is 5.25. The lowest BCUT2D eigenvalue weighted by atomic mass is 10.3. The number of urea groups is 1. The molecule has 1 aliphatic rings. The van der Waals surface area contributed by atoms with Crippen LogP contribution < -0.4 is 5.32 Å². The minimum atomic E-state index is -3.24. The molecule has 1 aromatic carbocycles. The molecule has 0 aliphatic carbocycles. The van der Waals surface area contributed by atoms with Gasteiger partial charge in [0.1, 0.15) is 0 Å². The Morgan fingerprint density at radius 2 is 1.57 bits per heavy atom. The number of piperazine rings is 1. The Balaban J connectivity index is 1.95. The number of anilines is 1. The minimum Gasteiger partial charge on any atom is -0.339 e. The zero-order valence-corrected chi connectivity index (χ0v) is 14.1. The van der Waals surface area contributed by atoms with Crippen LogP contribution in [0.4, 0.5) is 10.5 Å². The van der Waals surface area contributed by atoms with Gasteiger partial charge < -0.3 is 15.1 Å². The largest absolute Gasteiger partial charge is 0.339 e. The van der Waals surface area contributed by atoms with Gasteiger partial charge in [0, 0.05) is 38.8 Å². The predicted octanol–water partition coefficient (Wildman–Crippen LogP) is 1.18. The molecule has 0 bridgehead atoms. The maximum Gasteiger partial charge on any atom is 0.321 e. The Morgan fingerprint density at radius 1 is 1.04 bits per heavy atom. The predicted molar refractivity (Wildman–Crippen MR) is 87.0 cm³/mol. The molecule has 1 N–H and O–H groups in total. The van der Waals surface area contributed by atoms with Crippen LogP contribution in [0, 0.1) is 0 Å². The van der Waals surface area contributed by atoms with Gasteiger partial charge in [0.05, 0.1) is 10.6 Å². The van der Waals surface area contributed by atoms with E-state index in [1.165, 1.54) is 19.1 Å². The summed E-state index contributed by atoms with van der Waals surface area (Å²) in [4.78, 5) is 27.0. The molecule has 0 radical (unpaired) electrons. The van der Waals surface area contributed by atoms with E-state index in [1.54, 1.807) is 28.9 Å². The van der Waals surface area contributed by atoms with Crippen molar-refractivity contribution in [3.63, 3.8) is 0 Å². The third kappa shape index (κ3) is 4.22. The Bertz CT molecular complexity index is 677. The molecular weight excluding hydrogens is 318 g/mol. The second-order valence-electron chi connectivity index (χ2n) is 5.35. The summed E-state index contributed by atoms with van der Waals surface area (Å²) >= 11 is 0. The zero-order valence-electron chi connectivity index (χ0n) is 13.3. The van der Waals surface area contributed by atoms with Crippen molar-refractivity contribution in [3.05, 3.63) is 24.3 Å². The second-order valence-corrected chi connectivity index (χ2v) is 7.63. The van der Waals surface area contributed by atoms with Gasteiger partial charge >= 0.3 is 6.03 Å². The van der Waals surface area contributed by atoms with Crippen molar-refractivity contribution in [1.82, 2.24) is 9.80 Å². The number of nitrogens with zero attached hydrogens (tertiary/aromatic N) is 2. The molecule has 0 unspecified atom stereocenters. The standard InChI is InChI=1S/C15H21N3O4S/c1-3-23(21,22)14-6-4-13(5-7-14)16-15(20)18-10-8-17(9-11-18)12(2)19/h4-7H,3,8-11H2,1-2H3,(H,16,20). The molecular formula is C15H21N3O4S. The minimum absolute atomic E-state index is 0.0118. The summed E-state index contributed by atoms with van der Waals surface area (Å²) in [6, 6.07) is 5.88. The smallest absolute Gasteiger partial charge is 0.321 e. The highest BCUT2D eigenvalue weighted by atomic mass is 32.2. The number of carbonyl (C=O) groups excluding carboxylic acids is 2. The summed E-state index contributed by atoms with van der Waals surface area (Å²) < 4.78 is 23.5. The first-order valence-corrected chi connectivity index (χ1v) is 9.13. The van der Waals surface area contributed by atoms with Crippen LogP contribution in [0.25, 0.3) is 0 Å². The average Bonchev–Trinajstić information content (AvgIpc) is 2.55. The van der Waals surface area contributed by atoms with E-state index in [0.29, 0.717) is 31.9 Å². The number of hydrogen-bond donors (Lipinski definition) is 1. The molecule has 1 aliphatic heterocycles. The van der Waals surface area contributed by atoms with Crippen LogP contribution in [0.5, 0.6) is 0 Å². The van der Waals surface area contributed by atoms with Crippen LogP contribution in [0.15, 0.2) is 29.2 Å². The van der Waals surface area contributed by atoms with Gasteiger partial charge in [-0.15, -0.1) is 0 Å². The van der Waals surface area contributed by atoms with Crippen molar-refractivity contribution in [3.8, 4) is 0 Å². The van der Waals surface area contributed by atoms with Crippen LogP contribution in [0.1, 0.15) is 13.8 Å². The van der Waals surface area contributed by atoms with E-state index >= 15 is 0 Å². The molecule has 0 spiro atoms. The van der Waals surface area contributed by atoms with Crippen LogP contribution in [0.3, 0.4) is 0 Å². The second kappa shape index (κ2) is 6.99. The summed E-state index contributed by atoms with van der Waals surface area (Å²) in [7, 11) is -3.24. The number of amides is 3. The van der Waals surface area contributed by atoms with Crippen molar-refractivity contribution < 1.29 is 18.0 Å². The van der Waals surface area contributed by atoms with Gasteiger partial charge in [0.2, 0.25) is 5.91 Å². The van der Waals surface area contributed by atoms with E-state index in [2.05, 4.69) is 5.32 Å². The average molecular weight is 339 g/mol. The Hall–Kier alpha value is -2.09. The van der Waals surface area contributed by atoms with Crippen molar-refractivity contribution in [2.45, 2.75) is 18.7 Å². The van der Waals surface area contributed by atoms with Gasteiger partial charge in [-0.2, -0.15) is 0 Å². The SMILES string of the molecule is CCS(=O)(=O)c1ccc(NC(=O)N2CCN(C(C)=O)CC2)cc1. The third-order valence-electron chi connectivity index (χ3n) is 3.86. The Morgan fingerprint density at radius 3 is 2.04 bits per heavy atom. The summed E-state index contributed by atoms with van der Waals surface area (Å²) in [5.41, 5.74) is 0.541. The van der Waals surface area contributed by atoms with Gasteiger partial charge in [-0.3, -0.25) is 4.79 Å². The summed E-state index contributed by atoms with van der Waals surface area (Å²) in [5, 5.41) is 2.74. The quantitative estimate of drug-likeness (QED) is 0.896. The fourth-order valence-corrected chi connectivity index (χ4v) is 3.22. The van der Waals surface area contributed by atoms with Gasteiger partial charge in [0.25, 0.3) is 0 Å². The van der Waals surface area contributed by atoms with E-state index in [4.69, 9.17) is 0 Å². The molecule has 1 saturated heterocycles. The number of rotatable bonds is 3. The fourth-order valence-electron chi connectivity index (χ4n) is 2.34. The molecule has 1 aromatic rings. The summed E-state index contributed by atoms with van der Waals surface area (Å²) in [6.45, 7) is 5.11. The molecule has 7 nitrogen and oxygen atoms in total. The van der Waals surface area contributed by atoms with E-state index in [0.717, 1.165) is 0 Å². The molecule has 23 heavy (non-hydrogen) atoms. The van der Waals surface area contributed by atoms with Crippen LogP contribution in [0.2, 0.25) is 0 Å². The lowest BCUT2D eigenvalue weighted by Gasteiger charge is -2.34. The molecule has 8 heteroatoms. The zero-order chi connectivity index (χ0) is 17.0. The van der Waals surface area contributed by atoms with Crippen molar-refractivity contribution >= 4 is 27.5 Å². The number of hydrogen-bond acceptors (Lipinski definition) is 4. The molecule has 0 atom stereocenters. The molecule has 3 amide bonds. The highest BCUT2D eigenvalue weighted by molar-refractivity contribution is 7.91. The van der Waals surface area contributed by atoms with E-state index in [9.17, 15) is 18.0 Å². The number of benzene rings is 1. The summed E-state index contributed by atoms with van der Waals surface area (Å²) in [6.07, 6.45) is 0. The normalized spacial score (nSPS) is 15.4. The van der Waals surface area contributed by atoms with Gasteiger partial charge in [-0.25, -0.2) is 13.2 Å². The van der Waals surface area contributed by atoms with E-state index in [1.807, 2.05) is 0 Å². The molecule has 126 valence electrons. The molecule has 2 rings (SSSR count). The topological polar surface area (TPSA) is 86.8 Å². The molecule has 1 fully saturated rings. The highest BCUT2D eigenvalue weighted by Crippen LogP contribution is 2.16. The first kappa shape index (κ1) is 17.3. The first-order valence-electron chi connectivity index (χ1n) is 7.47. The van der Waals surface area contributed by atoms with Crippen molar-refractivity contribution in [2.75, 3.05) is 37.2 Å². The maximum atomic E-state index is 12.2. The van der Waals surface area contributed by atoms with Crippen LogP contribution >= 0.6 is 0 Å². The Labute approximate surface area is 136 Å². The van der Waals surface area contributed by atoms with Crippen LogP contribution in [-0.2, 0) is 14.6 Å². The van der Waals surface area contributed by atoms with E-state index < -0.39 is 9.84 Å². The van der Waals surface area contributed by atoms with E-state index in [-0.39, 0.29) is 22.6 Å². The monoisotopic (exact) mass is 339 g/mol. The fraction of sp³-hybridized carbons (Fsp3) is 0.467. The highest BCUT2D eigenvalue weighted by Gasteiger charge is 2.22. The van der Waals surface area contributed by atoms with Crippen molar-refractivity contribution in [1.29, 1.82) is 0 Å². The first-order chi connectivity index (χ1) is 10.8. The molecule has 0 saturated carbocycles. The number of nitrogens with one attached hydrogen (secondary N) is 1. The van der Waals surface area contributed by atoms with Crippen LogP contribution in [-0.4, -0.2) is 62.1 Å². The van der Waals surface area contributed by atoms with Gasteiger partial charge in [-0.05, 0) is 24.3 Å². The molecule has 1 heterocycles. The lowest BCUT2D eigenvalue weighted by molar-refractivity contribution is -0.130. The van der Waals surface area contributed by atoms with Gasteiger partial charge in [0.15, 0.2) is 9.84 Å². The lowest BCUT2D eigenvalue weighted by Crippen LogP contribution is -2.51. The van der Waals surface area contributed by atoms with Gasteiger partial charge in [-0.1, -0.05) is 6.92 Å². The number of carbonyl (C=O) groups is 2. The third-order valence-corrected chi connectivity index (χ3v) is 5.61. The number of sulfone groups is 1. The molecule has 0 aromatic heterocycles.